The molecule has 0 atom stereocenters. The molecule has 1 saturated carbocycles. The second-order valence-corrected chi connectivity index (χ2v) is 5.62. The van der Waals surface area contributed by atoms with E-state index >= 15 is 0 Å². The lowest BCUT2D eigenvalue weighted by atomic mass is 9.76. The zero-order valence-corrected chi connectivity index (χ0v) is 11.2. The van der Waals surface area contributed by atoms with Crippen molar-refractivity contribution in [2.24, 2.45) is 5.73 Å². The maximum absolute atomic E-state index is 12.3. The Morgan fingerprint density at radius 1 is 1.05 bits per heavy atom. The normalized spacial score (nSPS) is 21.9. The zero-order chi connectivity index (χ0) is 13.3. The first-order valence-electron chi connectivity index (χ1n) is 7.07. The molecule has 1 saturated heterocycles. The Labute approximate surface area is 114 Å². The monoisotopic (exact) mass is 259 g/mol. The van der Waals surface area contributed by atoms with Gasteiger partial charge < -0.3 is 15.5 Å². The van der Waals surface area contributed by atoms with Gasteiger partial charge in [0, 0.05) is 31.9 Å². The molecule has 1 heterocycles. The van der Waals surface area contributed by atoms with Crippen LogP contribution < -0.4 is 10.6 Å². The number of hydrogen-bond acceptors (Lipinski definition) is 3. The van der Waals surface area contributed by atoms with Gasteiger partial charge in [0.25, 0.3) is 0 Å². The molecule has 1 aliphatic carbocycles. The predicted octanol–water partition coefficient (Wildman–Crippen LogP) is 1.22. The number of nitrogens with two attached hydrogens (primary N) is 1. The molecule has 19 heavy (non-hydrogen) atoms. The first-order valence-corrected chi connectivity index (χ1v) is 7.07. The van der Waals surface area contributed by atoms with E-state index in [1.165, 1.54) is 5.69 Å². The topological polar surface area (TPSA) is 49.6 Å². The number of rotatable bonds is 2. The Kier molecular flexibility index (Phi) is 3.19. The van der Waals surface area contributed by atoms with Crippen molar-refractivity contribution >= 4 is 11.6 Å². The number of carbonyl (C=O) groups is 1. The van der Waals surface area contributed by atoms with E-state index in [9.17, 15) is 4.79 Å². The Bertz CT molecular complexity index is 448. The summed E-state index contributed by atoms with van der Waals surface area (Å²) in [7, 11) is 0. The van der Waals surface area contributed by atoms with Gasteiger partial charge in [-0.1, -0.05) is 18.2 Å². The van der Waals surface area contributed by atoms with Crippen molar-refractivity contribution in [1.82, 2.24) is 4.90 Å². The minimum absolute atomic E-state index is 0.159. The predicted molar refractivity (Wildman–Crippen MR) is 76.0 cm³/mol. The summed E-state index contributed by atoms with van der Waals surface area (Å²) in [5.74, 6) is 0.159. The molecule has 2 fully saturated rings. The fourth-order valence-electron chi connectivity index (χ4n) is 2.89. The summed E-state index contributed by atoms with van der Waals surface area (Å²) in [6.45, 7) is 3.36. The van der Waals surface area contributed by atoms with Gasteiger partial charge >= 0.3 is 0 Å². The van der Waals surface area contributed by atoms with Crippen LogP contribution in [0.1, 0.15) is 19.3 Å². The van der Waals surface area contributed by atoms with Gasteiger partial charge in [-0.2, -0.15) is 0 Å². The minimum atomic E-state index is -0.547. The van der Waals surface area contributed by atoms with Crippen molar-refractivity contribution < 1.29 is 4.79 Å². The third kappa shape index (κ3) is 2.32. The Hall–Kier alpha value is -1.55. The first-order chi connectivity index (χ1) is 9.19. The standard InChI is InChI=1S/C15H21N3O/c16-15(7-4-8-15)14(19)18-11-9-17(10-12-18)13-5-2-1-3-6-13/h1-3,5-6H,4,7-12,16H2. The minimum Gasteiger partial charge on any atom is -0.368 e. The summed E-state index contributed by atoms with van der Waals surface area (Å²) >= 11 is 0. The lowest BCUT2D eigenvalue weighted by Gasteiger charge is -2.43. The Balaban J connectivity index is 1.59. The van der Waals surface area contributed by atoms with E-state index in [4.69, 9.17) is 5.73 Å². The summed E-state index contributed by atoms with van der Waals surface area (Å²) < 4.78 is 0. The lowest BCUT2D eigenvalue weighted by Crippen LogP contribution is -2.62. The number of carbonyl (C=O) groups excluding carboxylic acids is 1. The Morgan fingerprint density at radius 3 is 2.21 bits per heavy atom. The molecule has 0 unspecified atom stereocenters. The van der Waals surface area contributed by atoms with Crippen molar-refractivity contribution in [2.75, 3.05) is 31.1 Å². The number of anilines is 1. The van der Waals surface area contributed by atoms with Crippen LogP contribution in [0.5, 0.6) is 0 Å². The van der Waals surface area contributed by atoms with Crippen LogP contribution >= 0.6 is 0 Å². The van der Waals surface area contributed by atoms with E-state index in [2.05, 4.69) is 29.2 Å². The molecule has 4 heteroatoms. The van der Waals surface area contributed by atoms with Crippen molar-refractivity contribution in [3.63, 3.8) is 0 Å². The van der Waals surface area contributed by atoms with Crippen LogP contribution in [0.3, 0.4) is 0 Å². The summed E-state index contributed by atoms with van der Waals surface area (Å²) in [6, 6.07) is 10.4. The molecule has 1 aromatic rings. The third-order valence-electron chi connectivity index (χ3n) is 4.36. The molecule has 4 nitrogen and oxygen atoms in total. The molecule has 0 bridgehead atoms. The van der Waals surface area contributed by atoms with Crippen LogP contribution in [0, 0.1) is 0 Å². The summed E-state index contributed by atoms with van der Waals surface area (Å²) in [6.07, 6.45) is 2.79. The molecule has 1 amide bonds. The Morgan fingerprint density at radius 2 is 1.68 bits per heavy atom. The lowest BCUT2D eigenvalue weighted by molar-refractivity contribution is -0.140. The van der Waals surface area contributed by atoms with Gasteiger partial charge in [-0.3, -0.25) is 4.79 Å². The fraction of sp³-hybridized carbons (Fsp3) is 0.533. The quantitative estimate of drug-likeness (QED) is 0.868. The van der Waals surface area contributed by atoms with Gasteiger partial charge in [-0.15, -0.1) is 0 Å². The highest BCUT2D eigenvalue weighted by Gasteiger charge is 2.43. The largest absolute Gasteiger partial charge is 0.368 e. The summed E-state index contributed by atoms with van der Waals surface area (Å²) in [5, 5.41) is 0. The van der Waals surface area contributed by atoms with Crippen molar-refractivity contribution in [3.05, 3.63) is 30.3 Å². The van der Waals surface area contributed by atoms with Gasteiger partial charge in [0.05, 0.1) is 5.54 Å². The van der Waals surface area contributed by atoms with Gasteiger partial charge in [0.1, 0.15) is 0 Å². The number of piperazine rings is 1. The average molecular weight is 259 g/mol. The van der Waals surface area contributed by atoms with Crippen LogP contribution in [-0.4, -0.2) is 42.5 Å². The second kappa shape index (κ2) is 4.85. The fourth-order valence-corrected chi connectivity index (χ4v) is 2.89. The average Bonchev–Trinajstić information content (AvgIpc) is 2.45. The van der Waals surface area contributed by atoms with Crippen LogP contribution in [0.25, 0.3) is 0 Å². The van der Waals surface area contributed by atoms with E-state index in [1.807, 2.05) is 11.0 Å². The number of benzene rings is 1. The molecule has 1 aromatic carbocycles. The molecule has 0 spiro atoms. The number of amides is 1. The zero-order valence-electron chi connectivity index (χ0n) is 11.2. The number of nitrogens with zero attached hydrogens (tertiary/aromatic N) is 2. The third-order valence-corrected chi connectivity index (χ3v) is 4.36. The van der Waals surface area contributed by atoms with E-state index < -0.39 is 5.54 Å². The van der Waals surface area contributed by atoms with E-state index in [0.717, 1.165) is 45.4 Å². The van der Waals surface area contributed by atoms with Gasteiger partial charge in [-0.05, 0) is 31.4 Å². The maximum Gasteiger partial charge on any atom is 0.242 e. The molecule has 1 aliphatic heterocycles. The van der Waals surface area contributed by atoms with Crippen LogP contribution in [-0.2, 0) is 4.79 Å². The molecule has 3 rings (SSSR count). The first kappa shape index (κ1) is 12.5. The summed E-state index contributed by atoms with van der Waals surface area (Å²) in [4.78, 5) is 16.6. The molecule has 0 aromatic heterocycles. The molecule has 102 valence electrons. The van der Waals surface area contributed by atoms with Crippen LogP contribution in [0.2, 0.25) is 0 Å². The van der Waals surface area contributed by atoms with Crippen molar-refractivity contribution in [3.8, 4) is 0 Å². The highest BCUT2D eigenvalue weighted by atomic mass is 16.2. The molecule has 2 aliphatic rings. The molecular weight excluding hydrogens is 238 g/mol. The van der Waals surface area contributed by atoms with Gasteiger partial charge in [0.2, 0.25) is 5.91 Å². The van der Waals surface area contributed by atoms with E-state index in [-0.39, 0.29) is 5.91 Å². The second-order valence-electron chi connectivity index (χ2n) is 5.62. The van der Waals surface area contributed by atoms with Gasteiger partial charge in [0.15, 0.2) is 0 Å². The maximum atomic E-state index is 12.3. The van der Waals surface area contributed by atoms with E-state index in [0.29, 0.717) is 0 Å². The molecular formula is C15H21N3O. The number of hydrogen-bond donors (Lipinski definition) is 1. The summed E-state index contributed by atoms with van der Waals surface area (Å²) in [5.41, 5.74) is 6.81. The number of para-hydroxylation sites is 1. The van der Waals surface area contributed by atoms with E-state index in [1.54, 1.807) is 0 Å². The van der Waals surface area contributed by atoms with Gasteiger partial charge in [-0.25, -0.2) is 0 Å². The van der Waals surface area contributed by atoms with Crippen LogP contribution in [0.4, 0.5) is 5.69 Å². The van der Waals surface area contributed by atoms with Crippen molar-refractivity contribution in [2.45, 2.75) is 24.8 Å². The molecule has 0 radical (unpaired) electrons. The highest BCUT2D eigenvalue weighted by Crippen LogP contribution is 2.31. The smallest absolute Gasteiger partial charge is 0.242 e. The highest BCUT2D eigenvalue weighted by molar-refractivity contribution is 5.87. The molecule has 2 N–H and O–H groups in total. The SMILES string of the molecule is NC1(C(=O)N2CCN(c3ccccc3)CC2)CCC1. The van der Waals surface area contributed by atoms with Crippen molar-refractivity contribution in [1.29, 1.82) is 0 Å². The van der Waals surface area contributed by atoms with Crippen LogP contribution in [0.15, 0.2) is 30.3 Å².